The van der Waals surface area contributed by atoms with Gasteiger partial charge in [-0.25, -0.2) is 0 Å². The molecule has 0 aliphatic heterocycles. The molecule has 0 bridgehead atoms. The normalized spacial score (nSPS) is 21.5. The number of hydrogen-bond donors (Lipinski definition) is 0. The van der Waals surface area contributed by atoms with Crippen LogP contribution in [-0.2, 0) is 0 Å². The topological polar surface area (TPSA) is 3.24 Å². The Hall–Kier alpha value is -0.0400. The largest absolute Gasteiger partial charge is 0.293 e. The summed E-state index contributed by atoms with van der Waals surface area (Å²) in [7, 11) is 0. The van der Waals surface area contributed by atoms with Gasteiger partial charge in [-0.15, -0.1) is 0 Å². The van der Waals surface area contributed by atoms with Crippen LogP contribution in [0.25, 0.3) is 0 Å². The molecule has 1 saturated carbocycles. The van der Waals surface area contributed by atoms with Gasteiger partial charge in [0.25, 0.3) is 0 Å². The van der Waals surface area contributed by atoms with Crippen LogP contribution in [0.2, 0.25) is 0 Å². The quantitative estimate of drug-likeness (QED) is 0.627. The lowest BCUT2D eigenvalue weighted by molar-refractivity contribution is 0.0787. The second-order valence-corrected chi connectivity index (χ2v) is 5.07. The van der Waals surface area contributed by atoms with Crippen molar-refractivity contribution in [2.24, 2.45) is 0 Å². The van der Waals surface area contributed by atoms with Gasteiger partial charge >= 0.3 is 0 Å². The molecule has 1 nitrogen and oxygen atoms in total. The zero-order chi connectivity index (χ0) is 9.35. The fraction of sp³-hybridized carbons (Fsp3) is 1.00. The summed E-state index contributed by atoms with van der Waals surface area (Å²) in [5.74, 6) is 0. The molecule has 0 spiro atoms. The molecule has 0 amide bonds. The van der Waals surface area contributed by atoms with Gasteiger partial charge in [0.1, 0.15) is 0 Å². The van der Waals surface area contributed by atoms with E-state index < -0.39 is 0 Å². The van der Waals surface area contributed by atoms with E-state index in [0.717, 1.165) is 12.1 Å². The molecule has 0 N–H and O–H groups in total. The monoisotopic (exact) mass is 169 g/mol. The second kappa shape index (κ2) is 3.37. The van der Waals surface area contributed by atoms with Gasteiger partial charge < -0.3 is 0 Å². The Kier molecular flexibility index (Phi) is 2.82. The van der Waals surface area contributed by atoms with Crippen molar-refractivity contribution in [2.75, 3.05) is 0 Å². The van der Waals surface area contributed by atoms with Crippen LogP contribution in [0.15, 0.2) is 0 Å². The zero-order valence-corrected chi connectivity index (χ0v) is 9.22. The van der Waals surface area contributed by atoms with E-state index in [1.165, 1.54) is 19.3 Å². The summed E-state index contributed by atoms with van der Waals surface area (Å²) in [6.45, 7) is 11.6. The minimum absolute atomic E-state index is 0.358. The second-order valence-electron chi connectivity index (χ2n) is 5.07. The first-order valence-electron chi connectivity index (χ1n) is 5.25. The van der Waals surface area contributed by atoms with Crippen LogP contribution in [0.3, 0.4) is 0 Å². The Bertz CT molecular complexity index is 142. The highest BCUT2D eigenvalue weighted by Gasteiger charge is 2.37. The van der Waals surface area contributed by atoms with Crippen LogP contribution >= 0.6 is 0 Å². The zero-order valence-electron chi connectivity index (χ0n) is 9.22. The van der Waals surface area contributed by atoms with Gasteiger partial charge in [-0.05, 0) is 47.0 Å². The predicted octanol–water partition coefficient (Wildman–Crippen LogP) is 3.05. The summed E-state index contributed by atoms with van der Waals surface area (Å²) in [4.78, 5) is 2.69. The van der Waals surface area contributed by atoms with Crippen molar-refractivity contribution < 1.29 is 0 Å². The first-order chi connectivity index (χ1) is 5.46. The summed E-state index contributed by atoms with van der Waals surface area (Å²) in [6.07, 6.45) is 4.11. The molecular formula is C11H23N. The number of rotatable bonds is 3. The molecule has 0 aromatic rings. The number of nitrogens with zero attached hydrogens (tertiary/aromatic N) is 1. The van der Waals surface area contributed by atoms with Gasteiger partial charge in [-0.1, -0.05) is 6.92 Å². The van der Waals surface area contributed by atoms with Crippen LogP contribution in [0, 0.1) is 0 Å². The third kappa shape index (κ3) is 2.22. The van der Waals surface area contributed by atoms with Gasteiger partial charge in [-0.2, -0.15) is 0 Å². The van der Waals surface area contributed by atoms with E-state index in [1.54, 1.807) is 0 Å². The van der Waals surface area contributed by atoms with Crippen molar-refractivity contribution in [1.82, 2.24) is 4.90 Å². The number of hydrogen-bond acceptors (Lipinski definition) is 1. The van der Waals surface area contributed by atoms with E-state index in [0.29, 0.717) is 5.54 Å². The van der Waals surface area contributed by atoms with Gasteiger partial charge in [0.15, 0.2) is 0 Å². The molecule has 1 aliphatic carbocycles. The third-order valence-electron chi connectivity index (χ3n) is 2.78. The van der Waals surface area contributed by atoms with Gasteiger partial charge in [0, 0.05) is 17.6 Å². The van der Waals surface area contributed by atoms with E-state index in [4.69, 9.17) is 0 Å². The standard InChI is InChI=1S/C11H23N/c1-6-9(2)12(10-7-8-10)11(3,4)5/h9-10H,6-8H2,1-5H3. The van der Waals surface area contributed by atoms with Crippen molar-refractivity contribution in [3.05, 3.63) is 0 Å². The SMILES string of the molecule is CCC(C)N(C1CC1)C(C)(C)C. The Morgan fingerprint density at radius 3 is 2.08 bits per heavy atom. The maximum atomic E-state index is 2.69. The fourth-order valence-electron chi connectivity index (χ4n) is 2.12. The molecule has 0 aromatic heterocycles. The van der Waals surface area contributed by atoms with Crippen LogP contribution in [0.4, 0.5) is 0 Å². The van der Waals surface area contributed by atoms with Gasteiger partial charge in [0.05, 0.1) is 0 Å². The van der Waals surface area contributed by atoms with Gasteiger partial charge in [-0.3, -0.25) is 4.90 Å². The Morgan fingerprint density at radius 1 is 1.33 bits per heavy atom. The Balaban J connectivity index is 2.60. The fourth-order valence-corrected chi connectivity index (χ4v) is 2.12. The lowest BCUT2D eigenvalue weighted by Crippen LogP contribution is -2.48. The lowest BCUT2D eigenvalue weighted by Gasteiger charge is -2.40. The van der Waals surface area contributed by atoms with Gasteiger partial charge in [0.2, 0.25) is 0 Å². The van der Waals surface area contributed by atoms with Crippen molar-refractivity contribution in [3.8, 4) is 0 Å². The summed E-state index contributed by atoms with van der Waals surface area (Å²) >= 11 is 0. The highest BCUT2D eigenvalue weighted by molar-refractivity contribution is 4.93. The first kappa shape index (κ1) is 10.0. The molecule has 0 saturated heterocycles. The minimum Gasteiger partial charge on any atom is -0.293 e. The lowest BCUT2D eigenvalue weighted by atomic mass is 10.0. The molecule has 1 heteroatoms. The van der Waals surface area contributed by atoms with Crippen molar-refractivity contribution in [2.45, 2.75) is 71.5 Å². The summed E-state index contributed by atoms with van der Waals surface area (Å²) < 4.78 is 0. The van der Waals surface area contributed by atoms with E-state index in [9.17, 15) is 0 Å². The highest BCUT2D eigenvalue weighted by atomic mass is 15.3. The molecule has 1 rings (SSSR count). The summed E-state index contributed by atoms with van der Waals surface area (Å²) in [6, 6.07) is 1.64. The van der Waals surface area contributed by atoms with Crippen LogP contribution < -0.4 is 0 Å². The van der Waals surface area contributed by atoms with E-state index >= 15 is 0 Å². The summed E-state index contributed by atoms with van der Waals surface area (Å²) in [5, 5.41) is 0. The van der Waals surface area contributed by atoms with Crippen LogP contribution in [-0.4, -0.2) is 22.5 Å². The molecular weight excluding hydrogens is 146 g/mol. The minimum atomic E-state index is 0.358. The molecule has 0 heterocycles. The molecule has 0 radical (unpaired) electrons. The smallest absolute Gasteiger partial charge is 0.0130 e. The molecule has 1 unspecified atom stereocenters. The van der Waals surface area contributed by atoms with Crippen LogP contribution in [0.5, 0.6) is 0 Å². The maximum Gasteiger partial charge on any atom is 0.0130 e. The Labute approximate surface area is 77.1 Å². The van der Waals surface area contributed by atoms with Crippen LogP contribution in [0.1, 0.15) is 53.9 Å². The van der Waals surface area contributed by atoms with E-state index in [1.807, 2.05) is 0 Å². The predicted molar refractivity (Wildman–Crippen MR) is 54.4 cm³/mol. The maximum absolute atomic E-state index is 2.69. The molecule has 1 aliphatic rings. The average Bonchev–Trinajstić information content (AvgIpc) is 2.68. The first-order valence-corrected chi connectivity index (χ1v) is 5.25. The molecule has 12 heavy (non-hydrogen) atoms. The van der Waals surface area contributed by atoms with Crippen molar-refractivity contribution >= 4 is 0 Å². The third-order valence-corrected chi connectivity index (χ3v) is 2.78. The van der Waals surface area contributed by atoms with E-state index in [-0.39, 0.29) is 0 Å². The molecule has 1 atom stereocenters. The van der Waals surface area contributed by atoms with E-state index in [2.05, 4.69) is 39.5 Å². The summed E-state index contributed by atoms with van der Waals surface area (Å²) in [5.41, 5.74) is 0.358. The Morgan fingerprint density at radius 2 is 1.83 bits per heavy atom. The molecule has 1 fully saturated rings. The van der Waals surface area contributed by atoms with Crippen molar-refractivity contribution in [1.29, 1.82) is 0 Å². The molecule has 0 aromatic carbocycles. The van der Waals surface area contributed by atoms with Crippen molar-refractivity contribution in [3.63, 3.8) is 0 Å². The highest BCUT2D eigenvalue weighted by Crippen LogP contribution is 2.35. The average molecular weight is 169 g/mol. The molecule has 72 valence electrons.